The zero-order chi connectivity index (χ0) is 13.0. The molecule has 0 unspecified atom stereocenters. The van der Waals surface area contributed by atoms with Crippen LogP contribution in [0.1, 0.15) is 19.0 Å². The lowest BCUT2D eigenvalue weighted by Crippen LogP contribution is -2.47. The SMILES string of the molecule is CCCN1CCN(c2nccc(C(N)=S)n2)CC1. The van der Waals surface area contributed by atoms with Gasteiger partial charge >= 0.3 is 0 Å². The van der Waals surface area contributed by atoms with E-state index in [9.17, 15) is 0 Å². The van der Waals surface area contributed by atoms with Gasteiger partial charge in [-0.3, -0.25) is 4.90 Å². The first-order valence-electron chi connectivity index (χ1n) is 6.31. The Hall–Kier alpha value is -1.27. The van der Waals surface area contributed by atoms with Crippen LogP contribution in [0.4, 0.5) is 5.95 Å². The van der Waals surface area contributed by atoms with Crippen molar-refractivity contribution in [3.05, 3.63) is 18.0 Å². The zero-order valence-corrected chi connectivity index (χ0v) is 11.5. The third-order valence-corrected chi connectivity index (χ3v) is 3.30. The summed E-state index contributed by atoms with van der Waals surface area (Å²) in [6.45, 7) is 7.42. The third kappa shape index (κ3) is 3.14. The predicted octanol–water partition coefficient (Wildman–Crippen LogP) is 0.643. The molecular weight excluding hydrogens is 246 g/mol. The lowest BCUT2D eigenvalue weighted by atomic mass is 10.3. The molecule has 2 N–H and O–H groups in total. The maximum Gasteiger partial charge on any atom is 0.226 e. The molecular formula is C12H19N5S. The van der Waals surface area contributed by atoms with Crippen molar-refractivity contribution < 1.29 is 0 Å². The van der Waals surface area contributed by atoms with Gasteiger partial charge in [-0.05, 0) is 19.0 Å². The molecule has 2 heterocycles. The zero-order valence-electron chi connectivity index (χ0n) is 10.7. The van der Waals surface area contributed by atoms with Gasteiger partial charge < -0.3 is 10.6 Å². The minimum Gasteiger partial charge on any atom is -0.388 e. The maximum atomic E-state index is 5.59. The third-order valence-electron chi connectivity index (χ3n) is 3.09. The Balaban J connectivity index is 2.01. The summed E-state index contributed by atoms with van der Waals surface area (Å²) in [5.41, 5.74) is 6.23. The summed E-state index contributed by atoms with van der Waals surface area (Å²) in [5.74, 6) is 0.733. The van der Waals surface area contributed by atoms with Crippen molar-refractivity contribution in [1.29, 1.82) is 0 Å². The molecule has 0 bridgehead atoms. The second-order valence-corrected chi connectivity index (χ2v) is 4.87. The molecule has 0 radical (unpaired) electrons. The van der Waals surface area contributed by atoms with Gasteiger partial charge in [0.05, 0.1) is 0 Å². The summed E-state index contributed by atoms with van der Waals surface area (Å²) in [4.78, 5) is 13.7. The summed E-state index contributed by atoms with van der Waals surface area (Å²) in [6, 6.07) is 1.75. The van der Waals surface area contributed by atoms with Gasteiger partial charge in [-0.1, -0.05) is 19.1 Å². The Bertz CT molecular complexity index is 415. The molecule has 6 heteroatoms. The van der Waals surface area contributed by atoms with E-state index in [0.717, 1.165) is 32.1 Å². The second-order valence-electron chi connectivity index (χ2n) is 4.43. The van der Waals surface area contributed by atoms with Crippen molar-refractivity contribution in [2.24, 2.45) is 5.73 Å². The molecule has 1 aromatic heterocycles. The van der Waals surface area contributed by atoms with E-state index in [1.165, 1.54) is 13.0 Å². The molecule has 98 valence electrons. The van der Waals surface area contributed by atoms with Crippen molar-refractivity contribution >= 4 is 23.2 Å². The summed E-state index contributed by atoms with van der Waals surface area (Å²) >= 11 is 4.94. The molecule has 0 amide bonds. The predicted molar refractivity (Wildman–Crippen MR) is 76.9 cm³/mol. The number of anilines is 1. The fourth-order valence-corrected chi connectivity index (χ4v) is 2.24. The highest BCUT2D eigenvalue weighted by Crippen LogP contribution is 2.11. The summed E-state index contributed by atoms with van der Waals surface area (Å²) in [7, 11) is 0. The minimum atomic E-state index is 0.322. The van der Waals surface area contributed by atoms with Crippen LogP contribution in [0.15, 0.2) is 12.3 Å². The maximum absolute atomic E-state index is 5.59. The number of nitrogens with zero attached hydrogens (tertiary/aromatic N) is 4. The topological polar surface area (TPSA) is 58.3 Å². The Morgan fingerprint density at radius 1 is 1.39 bits per heavy atom. The van der Waals surface area contributed by atoms with Crippen molar-refractivity contribution in [1.82, 2.24) is 14.9 Å². The van der Waals surface area contributed by atoms with E-state index in [-0.39, 0.29) is 0 Å². The number of aromatic nitrogens is 2. The number of hydrogen-bond acceptors (Lipinski definition) is 5. The molecule has 1 fully saturated rings. The molecule has 1 saturated heterocycles. The van der Waals surface area contributed by atoms with Crippen molar-refractivity contribution in [2.45, 2.75) is 13.3 Å². The smallest absolute Gasteiger partial charge is 0.226 e. The van der Waals surface area contributed by atoms with Crippen LogP contribution in [0.5, 0.6) is 0 Å². The van der Waals surface area contributed by atoms with Crippen LogP contribution in [-0.4, -0.2) is 52.6 Å². The molecule has 1 aliphatic heterocycles. The van der Waals surface area contributed by atoms with E-state index in [1.54, 1.807) is 12.3 Å². The van der Waals surface area contributed by atoms with Crippen molar-refractivity contribution in [2.75, 3.05) is 37.6 Å². The van der Waals surface area contributed by atoms with E-state index >= 15 is 0 Å². The largest absolute Gasteiger partial charge is 0.388 e. The minimum absolute atomic E-state index is 0.322. The van der Waals surface area contributed by atoms with Crippen molar-refractivity contribution in [3.8, 4) is 0 Å². The average Bonchev–Trinajstić information content (AvgIpc) is 2.40. The monoisotopic (exact) mass is 265 g/mol. The van der Waals surface area contributed by atoms with Crippen LogP contribution in [0.2, 0.25) is 0 Å². The van der Waals surface area contributed by atoms with Gasteiger partial charge in [0.15, 0.2) is 0 Å². The van der Waals surface area contributed by atoms with E-state index in [0.29, 0.717) is 10.7 Å². The molecule has 2 rings (SSSR count). The first kappa shape index (κ1) is 13.2. The molecule has 0 spiro atoms. The van der Waals surface area contributed by atoms with Crippen LogP contribution >= 0.6 is 12.2 Å². The fraction of sp³-hybridized carbons (Fsp3) is 0.583. The van der Waals surface area contributed by atoms with E-state index in [1.807, 2.05) is 0 Å². The summed E-state index contributed by atoms with van der Waals surface area (Å²) < 4.78 is 0. The van der Waals surface area contributed by atoms with Crippen LogP contribution in [0.3, 0.4) is 0 Å². The van der Waals surface area contributed by atoms with Gasteiger partial charge in [-0.25, -0.2) is 9.97 Å². The first-order chi connectivity index (χ1) is 8.70. The number of rotatable bonds is 4. The molecule has 0 atom stereocenters. The molecule has 5 nitrogen and oxygen atoms in total. The second kappa shape index (κ2) is 6.06. The van der Waals surface area contributed by atoms with E-state index in [2.05, 4.69) is 26.7 Å². The number of hydrogen-bond donors (Lipinski definition) is 1. The van der Waals surface area contributed by atoms with E-state index in [4.69, 9.17) is 18.0 Å². The number of piperazine rings is 1. The van der Waals surface area contributed by atoms with Gasteiger partial charge in [0, 0.05) is 32.4 Å². The first-order valence-corrected chi connectivity index (χ1v) is 6.71. The average molecular weight is 265 g/mol. The lowest BCUT2D eigenvalue weighted by molar-refractivity contribution is 0.257. The molecule has 0 aromatic carbocycles. The van der Waals surface area contributed by atoms with Gasteiger partial charge in [-0.15, -0.1) is 0 Å². The van der Waals surface area contributed by atoms with Crippen LogP contribution < -0.4 is 10.6 Å². The molecule has 18 heavy (non-hydrogen) atoms. The quantitative estimate of drug-likeness (QED) is 0.806. The lowest BCUT2D eigenvalue weighted by Gasteiger charge is -2.34. The summed E-state index contributed by atoms with van der Waals surface area (Å²) in [5, 5.41) is 0. The number of thiocarbonyl (C=S) groups is 1. The van der Waals surface area contributed by atoms with Crippen LogP contribution in [0.25, 0.3) is 0 Å². The Kier molecular flexibility index (Phi) is 4.43. The van der Waals surface area contributed by atoms with Crippen LogP contribution in [-0.2, 0) is 0 Å². The standard InChI is InChI=1S/C12H19N5S/c1-2-5-16-6-8-17(9-7-16)12-14-4-3-10(15-12)11(13)18/h3-4H,2,5-9H2,1H3,(H2,13,18). The fourth-order valence-electron chi connectivity index (χ4n) is 2.13. The van der Waals surface area contributed by atoms with Crippen LogP contribution in [0, 0.1) is 0 Å². The Morgan fingerprint density at radius 3 is 2.72 bits per heavy atom. The molecule has 0 saturated carbocycles. The Labute approximate surface area is 113 Å². The van der Waals surface area contributed by atoms with E-state index < -0.39 is 0 Å². The molecule has 1 aliphatic rings. The molecule has 0 aliphatic carbocycles. The van der Waals surface area contributed by atoms with Gasteiger partial charge in [0.1, 0.15) is 10.7 Å². The molecule has 1 aromatic rings. The van der Waals surface area contributed by atoms with Gasteiger partial charge in [0.25, 0.3) is 0 Å². The highest BCUT2D eigenvalue weighted by atomic mass is 32.1. The number of nitrogens with two attached hydrogens (primary N) is 1. The van der Waals surface area contributed by atoms with Crippen molar-refractivity contribution in [3.63, 3.8) is 0 Å². The highest BCUT2D eigenvalue weighted by Gasteiger charge is 2.18. The normalized spacial score (nSPS) is 16.8. The van der Waals surface area contributed by atoms with Gasteiger partial charge in [-0.2, -0.15) is 0 Å². The Morgan fingerprint density at radius 2 is 2.11 bits per heavy atom. The highest BCUT2D eigenvalue weighted by molar-refractivity contribution is 7.80. The van der Waals surface area contributed by atoms with Gasteiger partial charge in [0.2, 0.25) is 5.95 Å². The summed E-state index contributed by atoms with van der Waals surface area (Å²) in [6.07, 6.45) is 2.92.